The number of fused-ring (bicyclic) bond motifs is 1. The molecule has 3 aromatic rings. The molecule has 1 fully saturated rings. The molecule has 8 heteroatoms. The third kappa shape index (κ3) is 5.43. The zero-order valence-electron chi connectivity index (χ0n) is 18.6. The van der Waals surface area contributed by atoms with Crippen LogP contribution in [-0.2, 0) is 20.9 Å². The summed E-state index contributed by atoms with van der Waals surface area (Å²) >= 11 is 6.76. The first kappa shape index (κ1) is 23.9. The number of esters is 1. The number of imide groups is 1. The van der Waals surface area contributed by atoms with Crippen LogP contribution in [0.4, 0.5) is 4.79 Å². The highest BCUT2D eigenvalue weighted by atomic mass is 35.5. The lowest BCUT2D eigenvalue weighted by atomic mass is 10.0. The van der Waals surface area contributed by atoms with Gasteiger partial charge in [0.15, 0.2) is 0 Å². The second-order valence-electron chi connectivity index (χ2n) is 7.92. The molecule has 0 bridgehead atoms. The van der Waals surface area contributed by atoms with E-state index in [1.807, 2.05) is 48.5 Å². The third-order valence-electron chi connectivity index (χ3n) is 5.04. The van der Waals surface area contributed by atoms with Crippen molar-refractivity contribution in [3.63, 3.8) is 0 Å². The minimum Gasteiger partial charge on any atom is -0.488 e. The standard InChI is InChI=1S/C26H22ClNO5S/c1-16(2)33-24(29)14-28-25(30)23(34-26(28)31)13-21-20-6-4-3-5-18(20)9-12-22(21)32-15-17-7-10-19(27)11-8-17/h3-13,16H,14-15H2,1-2H3/b23-13-. The van der Waals surface area contributed by atoms with Crippen LogP contribution in [0.15, 0.2) is 65.6 Å². The van der Waals surface area contributed by atoms with Crippen molar-refractivity contribution in [2.75, 3.05) is 6.54 Å². The van der Waals surface area contributed by atoms with Gasteiger partial charge in [-0.3, -0.25) is 19.3 Å². The van der Waals surface area contributed by atoms with Crippen LogP contribution in [0, 0.1) is 0 Å². The molecule has 0 atom stereocenters. The maximum Gasteiger partial charge on any atom is 0.326 e. The minimum absolute atomic E-state index is 0.218. The fourth-order valence-electron chi connectivity index (χ4n) is 3.49. The molecule has 1 heterocycles. The molecule has 1 aliphatic rings. The number of thioether (sulfide) groups is 1. The monoisotopic (exact) mass is 495 g/mol. The molecule has 6 nitrogen and oxygen atoms in total. The van der Waals surface area contributed by atoms with Crippen LogP contribution in [0.2, 0.25) is 5.02 Å². The van der Waals surface area contributed by atoms with Gasteiger partial charge in [-0.1, -0.05) is 54.1 Å². The highest BCUT2D eigenvalue weighted by Crippen LogP contribution is 2.37. The second kappa shape index (κ2) is 10.3. The summed E-state index contributed by atoms with van der Waals surface area (Å²) in [6.07, 6.45) is 1.32. The quantitative estimate of drug-likeness (QED) is 0.293. The van der Waals surface area contributed by atoms with Crippen LogP contribution in [0.25, 0.3) is 16.8 Å². The molecular formula is C26H22ClNO5S. The number of benzene rings is 3. The van der Waals surface area contributed by atoms with Gasteiger partial charge in [0.2, 0.25) is 0 Å². The smallest absolute Gasteiger partial charge is 0.326 e. The molecule has 1 saturated heterocycles. The molecule has 2 amide bonds. The number of nitrogens with zero attached hydrogens (tertiary/aromatic N) is 1. The number of hydrogen-bond acceptors (Lipinski definition) is 6. The zero-order chi connectivity index (χ0) is 24.2. The lowest BCUT2D eigenvalue weighted by molar-refractivity contribution is -0.149. The fourth-order valence-corrected chi connectivity index (χ4v) is 4.43. The normalized spacial score (nSPS) is 14.9. The van der Waals surface area contributed by atoms with E-state index >= 15 is 0 Å². The summed E-state index contributed by atoms with van der Waals surface area (Å²) in [6, 6.07) is 18.8. The number of ether oxygens (including phenoxy) is 2. The van der Waals surface area contributed by atoms with Crippen molar-refractivity contribution in [1.29, 1.82) is 0 Å². The van der Waals surface area contributed by atoms with Gasteiger partial charge in [0.25, 0.3) is 11.1 Å². The Kier molecular flexibility index (Phi) is 7.24. The van der Waals surface area contributed by atoms with Crippen LogP contribution < -0.4 is 4.74 Å². The molecule has 0 aliphatic carbocycles. The van der Waals surface area contributed by atoms with E-state index in [4.69, 9.17) is 21.1 Å². The van der Waals surface area contributed by atoms with Crippen molar-refractivity contribution in [2.45, 2.75) is 26.6 Å². The maximum absolute atomic E-state index is 13.0. The van der Waals surface area contributed by atoms with Crippen LogP contribution in [0.5, 0.6) is 5.75 Å². The van der Waals surface area contributed by atoms with E-state index in [0.717, 1.165) is 33.0 Å². The highest BCUT2D eigenvalue weighted by molar-refractivity contribution is 8.18. The van der Waals surface area contributed by atoms with Crippen LogP contribution in [0.1, 0.15) is 25.0 Å². The fraction of sp³-hybridized carbons (Fsp3) is 0.192. The summed E-state index contributed by atoms with van der Waals surface area (Å²) in [5.41, 5.74) is 1.62. The molecule has 3 aromatic carbocycles. The Labute approximate surface area is 206 Å². The molecule has 0 radical (unpaired) electrons. The average Bonchev–Trinajstić information content (AvgIpc) is 3.06. The van der Waals surface area contributed by atoms with Gasteiger partial charge in [0, 0.05) is 10.6 Å². The summed E-state index contributed by atoms with van der Waals surface area (Å²) in [6.45, 7) is 3.30. The number of carbonyl (C=O) groups is 3. The summed E-state index contributed by atoms with van der Waals surface area (Å²) in [4.78, 5) is 38.6. The van der Waals surface area contributed by atoms with E-state index in [2.05, 4.69) is 0 Å². The highest BCUT2D eigenvalue weighted by Gasteiger charge is 2.37. The molecule has 0 N–H and O–H groups in total. The van der Waals surface area contributed by atoms with E-state index in [-0.39, 0.29) is 11.0 Å². The van der Waals surface area contributed by atoms with Crippen LogP contribution >= 0.6 is 23.4 Å². The predicted octanol–water partition coefficient (Wildman–Crippen LogP) is 6.06. The summed E-state index contributed by atoms with van der Waals surface area (Å²) in [7, 11) is 0. The Bertz CT molecular complexity index is 1290. The Morgan fingerprint density at radius 1 is 1.06 bits per heavy atom. The number of halogens is 1. The lowest BCUT2D eigenvalue weighted by Gasteiger charge is -2.14. The van der Waals surface area contributed by atoms with Crippen molar-refractivity contribution in [3.05, 3.63) is 81.7 Å². The SMILES string of the molecule is CC(C)OC(=O)CN1C(=O)S/C(=C\c2c(OCc3ccc(Cl)cc3)ccc3ccccc23)C1=O. The van der Waals surface area contributed by atoms with Gasteiger partial charge >= 0.3 is 5.97 Å². The van der Waals surface area contributed by atoms with Gasteiger partial charge < -0.3 is 9.47 Å². The molecule has 4 rings (SSSR count). The van der Waals surface area contributed by atoms with Crippen molar-refractivity contribution >= 4 is 57.3 Å². The predicted molar refractivity (Wildman–Crippen MR) is 134 cm³/mol. The number of amides is 2. The first-order chi connectivity index (χ1) is 16.3. The number of rotatable bonds is 7. The molecule has 0 unspecified atom stereocenters. The van der Waals surface area contributed by atoms with E-state index in [1.54, 1.807) is 32.1 Å². The Hall–Kier alpha value is -3.29. The minimum atomic E-state index is -0.629. The van der Waals surface area contributed by atoms with E-state index in [0.29, 0.717) is 22.9 Å². The summed E-state index contributed by atoms with van der Waals surface area (Å²) in [5, 5.41) is 1.97. The van der Waals surface area contributed by atoms with Crippen molar-refractivity contribution in [2.24, 2.45) is 0 Å². The lowest BCUT2D eigenvalue weighted by Crippen LogP contribution is -2.35. The van der Waals surface area contributed by atoms with E-state index in [9.17, 15) is 14.4 Å². The molecule has 34 heavy (non-hydrogen) atoms. The van der Waals surface area contributed by atoms with Crippen molar-refractivity contribution < 1.29 is 23.9 Å². The first-order valence-electron chi connectivity index (χ1n) is 10.7. The molecule has 0 spiro atoms. The maximum atomic E-state index is 13.0. The second-order valence-corrected chi connectivity index (χ2v) is 9.35. The number of hydrogen-bond donors (Lipinski definition) is 0. The molecule has 1 aliphatic heterocycles. The summed E-state index contributed by atoms with van der Waals surface area (Å²) in [5.74, 6) is -0.595. The summed E-state index contributed by atoms with van der Waals surface area (Å²) < 4.78 is 11.2. The van der Waals surface area contributed by atoms with Crippen LogP contribution in [-0.4, -0.2) is 34.7 Å². The Morgan fingerprint density at radius 2 is 1.79 bits per heavy atom. The van der Waals surface area contributed by atoms with Crippen LogP contribution in [0.3, 0.4) is 0 Å². The Morgan fingerprint density at radius 3 is 2.53 bits per heavy atom. The Balaban J connectivity index is 1.65. The number of carbonyl (C=O) groups excluding carboxylic acids is 3. The molecule has 0 saturated carbocycles. The zero-order valence-corrected chi connectivity index (χ0v) is 20.2. The van der Waals surface area contributed by atoms with Gasteiger partial charge in [0.05, 0.1) is 11.0 Å². The van der Waals surface area contributed by atoms with Crippen molar-refractivity contribution in [3.8, 4) is 5.75 Å². The first-order valence-corrected chi connectivity index (χ1v) is 11.8. The van der Waals surface area contributed by atoms with Gasteiger partial charge in [-0.05, 0) is 66.2 Å². The third-order valence-corrected chi connectivity index (χ3v) is 6.20. The average molecular weight is 496 g/mol. The van der Waals surface area contributed by atoms with Gasteiger partial charge in [-0.15, -0.1) is 0 Å². The van der Waals surface area contributed by atoms with Gasteiger partial charge in [-0.2, -0.15) is 0 Å². The van der Waals surface area contributed by atoms with E-state index < -0.39 is 23.7 Å². The van der Waals surface area contributed by atoms with E-state index in [1.165, 1.54) is 0 Å². The largest absolute Gasteiger partial charge is 0.488 e. The topological polar surface area (TPSA) is 72.9 Å². The molecule has 174 valence electrons. The molecular weight excluding hydrogens is 474 g/mol. The van der Waals surface area contributed by atoms with Gasteiger partial charge in [0.1, 0.15) is 18.9 Å². The van der Waals surface area contributed by atoms with Crippen molar-refractivity contribution in [1.82, 2.24) is 4.90 Å². The van der Waals surface area contributed by atoms with Gasteiger partial charge in [-0.25, -0.2) is 0 Å². The molecule has 0 aromatic heterocycles.